The minimum absolute atomic E-state index is 0.207. The zero-order valence-corrected chi connectivity index (χ0v) is 15.2. The first-order valence-corrected chi connectivity index (χ1v) is 9.14. The van der Waals surface area contributed by atoms with Crippen LogP contribution in [0.2, 0.25) is 0 Å². The summed E-state index contributed by atoms with van der Waals surface area (Å²) in [6, 6.07) is 8.28. The first-order chi connectivity index (χ1) is 12.7. The number of hydrogen-bond donors (Lipinski definition) is 0. The predicted octanol–water partition coefficient (Wildman–Crippen LogP) is 1.59. The summed E-state index contributed by atoms with van der Waals surface area (Å²) in [5, 5.41) is 7.77. The van der Waals surface area contributed by atoms with Gasteiger partial charge in [-0.25, -0.2) is 0 Å². The van der Waals surface area contributed by atoms with E-state index in [2.05, 4.69) is 27.2 Å². The van der Waals surface area contributed by atoms with Gasteiger partial charge in [0, 0.05) is 32.1 Å². The summed E-state index contributed by atoms with van der Waals surface area (Å²) < 4.78 is 19.5. The van der Waals surface area contributed by atoms with Crippen LogP contribution in [-0.2, 0) is 22.6 Å². The number of nitrogens with zero attached hydrogens (tertiary/aromatic N) is 4. The van der Waals surface area contributed by atoms with Crippen molar-refractivity contribution in [1.82, 2.24) is 19.7 Å². The Kier molecular flexibility index (Phi) is 5.19. The van der Waals surface area contributed by atoms with Gasteiger partial charge in [-0.1, -0.05) is 12.1 Å². The zero-order valence-electron chi connectivity index (χ0n) is 15.2. The molecule has 4 rings (SSSR count). The standard InChI is InChI=1S/C19H26N4O3/c1-24-18-4-2-16(3-5-18)9-22-6-7-25-13-19(12-22)8-17(11-26-19)10-23-14-20-21-15-23/h2-5,14-15,17H,6-13H2,1H3. The number of hydrogen-bond acceptors (Lipinski definition) is 6. The van der Waals surface area contributed by atoms with Crippen LogP contribution >= 0.6 is 0 Å². The van der Waals surface area contributed by atoms with Gasteiger partial charge in [-0.15, -0.1) is 10.2 Å². The molecule has 3 heterocycles. The molecule has 0 radical (unpaired) electrons. The van der Waals surface area contributed by atoms with Crippen LogP contribution in [0.15, 0.2) is 36.9 Å². The monoisotopic (exact) mass is 358 g/mol. The van der Waals surface area contributed by atoms with E-state index in [4.69, 9.17) is 14.2 Å². The van der Waals surface area contributed by atoms with E-state index in [1.54, 1.807) is 19.8 Å². The van der Waals surface area contributed by atoms with Crippen molar-refractivity contribution >= 4 is 0 Å². The Hall–Kier alpha value is -1.96. The predicted molar refractivity (Wildman–Crippen MR) is 95.9 cm³/mol. The van der Waals surface area contributed by atoms with Crippen molar-refractivity contribution in [3.8, 4) is 5.75 Å². The van der Waals surface area contributed by atoms with E-state index in [0.717, 1.165) is 51.6 Å². The summed E-state index contributed by atoms with van der Waals surface area (Å²) in [5.41, 5.74) is 1.07. The van der Waals surface area contributed by atoms with E-state index in [0.29, 0.717) is 12.5 Å². The van der Waals surface area contributed by atoms with E-state index in [1.165, 1.54) is 5.56 Å². The van der Waals surface area contributed by atoms with Crippen LogP contribution in [0.25, 0.3) is 0 Å². The molecule has 0 aliphatic carbocycles. The molecule has 0 amide bonds. The van der Waals surface area contributed by atoms with Gasteiger partial charge in [0.2, 0.25) is 0 Å². The molecular weight excluding hydrogens is 332 g/mol. The van der Waals surface area contributed by atoms with E-state index in [1.807, 2.05) is 16.7 Å². The molecule has 7 nitrogen and oxygen atoms in total. The van der Waals surface area contributed by atoms with Crippen LogP contribution in [0.5, 0.6) is 5.75 Å². The highest BCUT2D eigenvalue weighted by Crippen LogP contribution is 2.34. The topological polar surface area (TPSA) is 61.6 Å². The molecular formula is C19H26N4O3. The fourth-order valence-corrected chi connectivity index (χ4v) is 3.99. The maximum Gasteiger partial charge on any atom is 0.119 e. The Bertz CT molecular complexity index is 691. The van der Waals surface area contributed by atoms with Crippen molar-refractivity contribution in [3.05, 3.63) is 42.5 Å². The third kappa shape index (κ3) is 4.06. The summed E-state index contributed by atoms with van der Waals surface area (Å²) in [5.74, 6) is 1.36. The Morgan fingerprint density at radius 3 is 2.81 bits per heavy atom. The molecule has 1 aromatic carbocycles. The molecule has 7 heteroatoms. The number of aromatic nitrogens is 3. The maximum atomic E-state index is 6.29. The van der Waals surface area contributed by atoms with Crippen LogP contribution in [0.4, 0.5) is 0 Å². The molecule has 1 aromatic heterocycles. The first-order valence-electron chi connectivity index (χ1n) is 9.14. The third-order valence-electron chi connectivity index (χ3n) is 5.22. The van der Waals surface area contributed by atoms with Crippen molar-refractivity contribution < 1.29 is 14.2 Å². The van der Waals surface area contributed by atoms with Crippen molar-refractivity contribution in [1.29, 1.82) is 0 Å². The molecule has 0 bridgehead atoms. The quantitative estimate of drug-likeness (QED) is 0.809. The summed E-state index contributed by atoms with van der Waals surface area (Å²) in [7, 11) is 1.69. The normalized spacial score (nSPS) is 26.9. The fraction of sp³-hybridized carbons (Fsp3) is 0.579. The Morgan fingerprint density at radius 1 is 1.23 bits per heavy atom. The second-order valence-electron chi connectivity index (χ2n) is 7.33. The highest BCUT2D eigenvalue weighted by Gasteiger charge is 2.43. The molecule has 2 unspecified atom stereocenters. The van der Waals surface area contributed by atoms with E-state index in [-0.39, 0.29) is 5.60 Å². The largest absolute Gasteiger partial charge is 0.497 e. The van der Waals surface area contributed by atoms with Gasteiger partial charge in [-0.2, -0.15) is 0 Å². The third-order valence-corrected chi connectivity index (χ3v) is 5.22. The summed E-state index contributed by atoms with van der Waals surface area (Å²) >= 11 is 0. The fourth-order valence-electron chi connectivity index (χ4n) is 3.99. The van der Waals surface area contributed by atoms with Crippen LogP contribution in [-0.4, -0.2) is 65.3 Å². The van der Waals surface area contributed by atoms with Crippen molar-refractivity contribution in [2.24, 2.45) is 5.92 Å². The van der Waals surface area contributed by atoms with E-state index in [9.17, 15) is 0 Å². The SMILES string of the molecule is COc1ccc(CN2CCOCC3(CC(Cn4cnnc4)CO3)C2)cc1. The number of methoxy groups -OCH3 is 1. The van der Waals surface area contributed by atoms with Gasteiger partial charge in [0.15, 0.2) is 0 Å². The lowest BCUT2D eigenvalue weighted by Crippen LogP contribution is -2.43. The second kappa shape index (κ2) is 7.73. The molecule has 26 heavy (non-hydrogen) atoms. The van der Waals surface area contributed by atoms with Gasteiger partial charge in [-0.3, -0.25) is 4.90 Å². The average molecular weight is 358 g/mol. The summed E-state index contributed by atoms with van der Waals surface area (Å²) in [4.78, 5) is 2.44. The Morgan fingerprint density at radius 2 is 2.04 bits per heavy atom. The van der Waals surface area contributed by atoms with Crippen molar-refractivity contribution in [3.63, 3.8) is 0 Å². The molecule has 1 spiro atoms. The van der Waals surface area contributed by atoms with Crippen LogP contribution < -0.4 is 4.74 Å². The Balaban J connectivity index is 1.39. The maximum absolute atomic E-state index is 6.29. The summed E-state index contributed by atoms with van der Waals surface area (Å²) in [6.45, 7) is 5.80. The lowest BCUT2D eigenvalue weighted by Gasteiger charge is -2.31. The number of benzene rings is 1. The molecule has 2 aliphatic rings. The molecule has 2 atom stereocenters. The van der Waals surface area contributed by atoms with Crippen molar-refractivity contribution in [2.45, 2.75) is 25.1 Å². The molecule has 0 saturated carbocycles. The van der Waals surface area contributed by atoms with Gasteiger partial charge in [0.25, 0.3) is 0 Å². The van der Waals surface area contributed by atoms with Gasteiger partial charge in [0.05, 0.1) is 26.9 Å². The van der Waals surface area contributed by atoms with E-state index < -0.39 is 0 Å². The second-order valence-corrected chi connectivity index (χ2v) is 7.33. The van der Waals surface area contributed by atoms with Gasteiger partial charge >= 0.3 is 0 Å². The lowest BCUT2D eigenvalue weighted by atomic mass is 9.94. The van der Waals surface area contributed by atoms with Crippen LogP contribution in [0, 0.1) is 5.92 Å². The zero-order chi connectivity index (χ0) is 17.8. The lowest BCUT2D eigenvalue weighted by molar-refractivity contribution is -0.0563. The summed E-state index contributed by atoms with van der Waals surface area (Å²) in [6.07, 6.45) is 4.54. The van der Waals surface area contributed by atoms with Gasteiger partial charge in [0.1, 0.15) is 24.0 Å². The first kappa shape index (κ1) is 17.5. The molecule has 140 valence electrons. The molecule has 2 saturated heterocycles. The van der Waals surface area contributed by atoms with Gasteiger partial charge in [-0.05, 0) is 24.1 Å². The minimum Gasteiger partial charge on any atom is -0.497 e. The molecule has 2 fully saturated rings. The minimum atomic E-state index is -0.207. The number of rotatable bonds is 5. The molecule has 2 aliphatic heterocycles. The van der Waals surface area contributed by atoms with Crippen molar-refractivity contribution in [2.75, 3.05) is 40.0 Å². The highest BCUT2D eigenvalue weighted by atomic mass is 16.5. The van der Waals surface area contributed by atoms with E-state index >= 15 is 0 Å². The molecule has 0 N–H and O–H groups in total. The van der Waals surface area contributed by atoms with Gasteiger partial charge < -0.3 is 18.8 Å². The highest BCUT2D eigenvalue weighted by molar-refractivity contribution is 5.27. The van der Waals surface area contributed by atoms with Crippen LogP contribution in [0.1, 0.15) is 12.0 Å². The number of ether oxygens (including phenoxy) is 3. The smallest absolute Gasteiger partial charge is 0.119 e. The Labute approximate surface area is 153 Å². The molecule has 2 aromatic rings. The average Bonchev–Trinajstić information content (AvgIpc) is 3.25. The van der Waals surface area contributed by atoms with Crippen LogP contribution in [0.3, 0.4) is 0 Å².